The van der Waals surface area contributed by atoms with Crippen LogP contribution in [0.5, 0.6) is 5.75 Å². The van der Waals surface area contributed by atoms with Crippen molar-refractivity contribution in [2.24, 2.45) is 5.73 Å². The number of phenols is 1. The third kappa shape index (κ3) is 5.58. The molecule has 0 atom stereocenters. The Kier molecular flexibility index (Phi) is 5.40. The lowest BCUT2D eigenvalue weighted by Gasteiger charge is -2.05. The predicted molar refractivity (Wildman–Crippen MR) is 69.3 cm³/mol. The molecule has 1 aromatic carbocycles. The summed E-state index contributed by atoms with van der Waals surface area (Å²) in [6, 6.07) is 5.84. The van der Waals surface area contributed by atoms with E-state index in [-0.39, 0.29) is 24.8 Å². The summed E-state index contributed by atoms with van der Waals surface area (Å²) in [5, 5.41) is 11.7. The van der Waals surface area contributed by atoms with Crippen molar-refractivity contribution in [2.75, 3.05) is 13.2 Å². The van der Waals surface area contributed by atoms with Crippen LogP contribution in [0.15, 0.2) is 36.0 Å². The summed E-state index contributed by atoms with van der Waals surface area (Å²) in [4.78, 5) is 22.7. The Hall–Kier alpha value is -2.50. The standard InChI is InChI=1S/C13H16N2O4/c1-9(14)8-12(17)19-7-6-15-13(18)10-2-4-11(16)5-3-10/h2-5,8,16H,6-7,14H2,1H3,(H,15,18)/b9-8-. The average molecular weight is 264 g/mol. The quantitative estimate of drug-likeness (QED) is 0.409. The Bertz CT molecular complexity index is 476. The summed E-state index contributed by atoms with van der Waals surface area (Å²) in [7, 11) is 0. The monoisotopic (exact) mass is 264 g/mol. The minimum Gasteiger partial charge on any atom is -0.508 e. The minimum atomic E-state index is -0.543. The van der Waals surface area contributed by atoms with Gasteiger partial charge in [0.2, 0.25) is 0 Å². The van der Waals surface area contributed by atoms with Crippen LogP contribution in [0.25, 0.3) is 0 Å². The van der Waals surface area contributed by atoms with E-state index in [9.17, 15) is 9.59 Å². The maximum atomic E-state index is 11.6. The van der Waals surface area contributed by atoms with Crippen molar-refractivity contribution in [1.29, 1.82) is 0 Å². The zero-order valence-corrected chi connectivity index (χ0v) is 10.6. The van der Waals surface area contributed by atoms with E-state index < -0.39 is 5.97 Å². The zero-order valence-electron chi connectivity index (χ0n) is 10.6. The molecule has 0 heterocycles. The van der Waals surface area contributed by atoms with Gasteiger partial charge in [-0.2, -0.15) is 0 Å². The highest BCUT2D eigenvalue weighted by Gasteiger charge is 2.05. The summed E-state index contributed by atoms with van der Waals surface area (Å²) in [5.74, 6) is -0.755. The largest absolute Gasteiger partial charge is 0.508 e. The third-order valence-electron chi connectivity index (χ3n) is 2.11. The van der Waals surface area contributed by atoms with Crippen molar-refractivity contribution in [3.05, 3.63) is 41.6 Å². The highest BCUT2D eigenvalue weighted by Crippen LogP contribution is 2.09. The molecule has 0 radical (unpaired) electrons. The number of amides is 1. The molecule has 0 spiro atoms. The van der Waals surface area contributed by atoms with Crippen LogP contribution in [0, 0.1) is 0 Å². The van der Waals surface area contributed by atoms with Crippen LogP contribution in [-0.2, 0) is 9.53 Å². The number of esters is 1. The summed E-state index contributed by atoms with van der Waals surface area (Å²) < 4.78 is 4.81. The molecule has 0 aliphatic rings. The van der Waals surface area contributed by atoms with E-state index in [4.69, 9.17) is 15.6 Å². The lowest BCUT2D eigenvalue weighted by atomic mass is 10.2. The minimum absolute atomic E-state index is 0.0619. The number of nitrogens with two attached hydrogens (primary N) is 1. The molecule has 1 amide bonds. The molecule has 0 saturated heterocycles. The molecule has 102 valence electrons. The lowest BCUT2D eigenvalue weighted by Crippen LogP contribution is -2.27. The third-order valence-corrected chi connectivity index (χ3v) is 2.11. The first-order valence-corrected chi connectivity index (χ1v) is 5.67. The molecular formula is C13H16N2O4. The topological polar surface area (TPSA) is 102 Å². The van der Waals surface area contributed by atoms with E-state index in [1.807, 2.05) is 0 Å². The highest BCUT2D eigenvalue weighted by atomic mass is 16.5. The fraction of sp³-hybridized carbons (Fsp3) is 0.231. The van der Waals surface area contributed by atoms with Gasteiger partial charge in [0.05, 0.1) is 6.54 Å². The number of hydrogen-bond donors (Lipinski definition) is 3. The number of nitrogens with one attached hydrogen (secondary N) is 1. The molecule has 19 heavy (non-hydrogen) atoms. The molecule has 0 saturated carbocycles. The van der Waals surface area contributed by atoms with Crippen LogP contribution in [0.1, 0.15) is 17.3 Å². The van der Waals surface area contributed by atoms with Gasteiger partial charge in [0.25, 0.3) is 5.91 Å². The molecule has 0 aliphatic heterocycles. The van der Waals surface area contributed by atoms with Crippen LogP contribution in [0.4, 0.5) is 0 Å². The molecule has 0 aromatic heterocycles. The molecule has 0 aliphatic carbocycles. The maximum Gasteiger partial charge on any atom is 0.332 e. The fourth-order valence-corrected chi connectivity index (χ4v) is 1.26. The van der Waals surface area contributed by atoms with Crippen LogP contribution in [0.3, 0.4) is 0 Å². The Morgan fingerprint density at radius 1 is 1.37 bits per heavy atom. The van der Waals surface area contributed by atoms with Crippen molar-refractivity contribution < 1.29 is 19.4 Å². The second-order valence-corrected chi connectivity index (χ2v) is 3.86. The van der Waals surface area contributed by atoms with Gasteiger partial charge in [-0.15, -0.1) is 0 Å². The summed E-state index contributed by atoms with van der Waals surface area (Å²) in [6.07, 6.45) is 1.17. The van der Waals surface area contributed by atoms with Gasteiger partial charge in [-0.1, -0.05) is 0 Å². The molecule has 0 fully saturated rings. The molecule has 6 heteroatoms. The van der Waals surface area contributed by atoms with Crippen molar-refractivity contribution in [1.82, 2.24) is 5.32 Å². The Morgan fingerprint density at radius 2 is 2.00 bits per heavy atom. The molecule has 4 N–H and O–H groups in total. The van der Waals surface area contributed by atoms with Gasteiger partial charge in [-0.25, -0.2) is 4.79 Å². The number of ether oxygens (including phenoxy) is 1. The van der Waals surface area contributed by atoms with Crippen LogP contribution < -0.4 is 11.1 Å². The van der Waals surface area contributed by atoms with E-state index >= 15 is 0 Å². The first-order valence-electron chi connectivity index (χ1n) is 5.67. The molecular weight excluding hydrogens is 248 g/mol. The van der Waals surface area contributed by atoms with Gasteiger partial charge in [0.1, 0.15) is 12.4 Å². The van der Waals surface area contributed by atoms with Crippen LogP contribution in [0.2, 0.25) is 0 Å². The number of hydrogen-bond acceptors (Lipinski definition) is 5. The predicted octanol–water partition coefficient (Wildman–Crippen LogP) is 0.528. The SMILES string of the molecule is C/C(N)=C/C(=O)OCCNC(=O)c1ccc(O)cc1. The van der Waals surface area contributed by atoms with Crippen molar-refractivity contribution in [2.45, 2.75) is 6.92 Å². The van der Waals surface area contributed by atoms with Crippen molar-refractivity contribution in [3.63, 3.8) is 0 Å². The second kappa shape index (κ2) is 7.05. The first-order chi connectivity index (χ1) is 8.99. The van der Waals surface area contributed by atoms with Gasteiger partial charge in [0.15, 0.2) is 0 Å². The molecule has 0 unspecified atom stereocenters. The Morgan fingerprint density at radius 3 is 2.58 bits per heavy atom. The van der Waals surface area contributed by atoms with E-state index in [0.29, 0.717) is 11.3 Å². The van der Waals surface area contributed by atoms with Gasteiger partial charge in [0, 0.05) is 17.3 Å². The molecule has 0 bridgehead atoms. The van der Waals surface area contributed by atoms with Gasteiger partial charge >= 0.3 is 5.97 Å². The number of carbonyl (C=O) groups excluding carboxylic acids is 2. The van der Waals surface area contributed by atoms with Crippen molar-refractivity contribution in [3.8, 4) is 5.75 Å². The number of allylic oxidation sites excluding steroid dienone is 1. The first kappa shape index (κ1) is 14.6. The maximum absolute atomic E-state index is 11.6. The van der Waals surface area contributed by atoms with Gasteiger partial charge < -0.3 is 20.9 Å². The fourth-order valence-electron chi connectivity index (χ4n) is 1.26. The average Bonchev–Trinajstić information content (AvgIpc) is 2.34. The lowest BCUT2D eigenvalue weighted by molar-refractivity contribution is -0.137. The normalized spacial score (nSPS) is 10.9. The second-order valence-electron chi connectivity index (χ2n) is 3.86. The Balaban J connectivity index is 2.30. The number of carbonyl (C=O) groups is 2. The summed E-state index contributed by atoms with van der Waals surface area (Å²) in [5.41, 5.74) is 6.08. The molecule has 6 nitrogen and oxygen atoms in total. The van der Waals surface area contributed by atoms with E-state index in [0.717, 1.165) is 0 Å². The highest BCUT2D eigenvalue weighted by molar-refractivity contribution is 5.94. The summed E-state index contributed by atoms with van der Waals surface area (Å²) >= 11 is 0. The van der Waals surface area contributed by atoms with E-state index in [1.165, 1.54) is 30.3 Å². The van der Waals surface area contributed by atoms with Crippen molar-refractivity contribution >= 4 is 11.9 Å². The summed E-state index contributed by atoms with van der Waals surface area (Å²) in [6.45, 7) is 1.84. The van der Waals surface area contributed by atoms with Gasteiger partial charge in [-0.05, 0) is 31.2 Å². The van der Waals surface area contributed by atoms with Crippen LogP contribution in [-0.4, -0.2) is 30.1 Å². The number of rotatable bonds is 5. The molecule has 1 rings (SSSR count). The van der Waals surface area contributed by atoms with E-state index in [1.54, 1.807) is 6.92 Å². The number of phenolic OH excluding ortho intramolecular Hbond substituents is 1. The van der Waals surface area contributed by atoms with Crippen LogP contribution >= 0.6 is 0 Å². The Labute approximate surface area is 110 Å². The number of aromatic hydroxyl groups is 1. The van der Waals surface area contributed by atoms with E-state index in [2.05, 4.69) is 5.32 Å². The van der Waals surface area contributed by atoms with Gasteiger partial charge in [-0.3, -0.25) is 4.79 Å². The zero-order chi connectivity index (χ0) is 14.3. The smallest absolute Gasteiger partial charge is 0.332 e. The molecule has 1 aromatic rings. The number of benzene rings is 1.